The van der Waals surface area contributed by atoms with Crippen LogP contribution >= 0.6 is 11.8 Å². The summed E-state index contributed by atoms with van der Waals surface area (Å²) in [6.07, 6.45) is 0.809. The number of thioether (sulfide) groups is 1. The Morgan fingerprint density at radius 3 is 2.33 bits per heavy atom. The number of amides is 1. The fourth-order valence-corrected chi connectivity index (χ4v) is 4.48. The van der Waals surface area contributed by atoms with Crippen molar-refractivity contribution in [3.05, 3.63) is 96.1 Å². The van der Waals surface area contributed by atoms with E-state index in [-0.39, 0.29) is 11.7 Å². The Hall–Kier alpha value is -3.71. The molecular formula is C26H23N5OS. The molecule has 0 atom stereocenters. The summed E-state index contributed by atoms with van der Waals surface area (Å²) in [6, 6.07) is 28.2. The normalized spacial score (nSPS) is 11.2. The second-order valence-corrected chi connectivity index (χ2v) is 8.73. The van der Waals surface area contributed by atoms with E-state index in [1.54, 1.807) is 0 Å². The van der Waals surface area contributed by atoms with Crippen LogP contribution in [0.15, 0.2) is 90.1 Å². The highest BCUT2D eigenvalue weighted by atomic mass is 32.2. The Balaban J connectivity index is 1.29. The number of fused-ring (bicyclic) bond motifs is 3. The number of para-hydroxylation sites is 1. The van der Waals surface area contributed by atoms with Crippen molar-refractivity contribution in [1.82, 2.24) is 25.1 Å². The van der Waals surface area contributed by atoms with E-state index < -0.39 is 0 Å². The van der Waals surface area contributed by atoms with Crippen molar-refractivity contribution in [3.8, 4) is 0 Å². The van der Waals surface area contributed by atoms with E-state index in [0.29, 0.717) is 23.9 Å². The molecule has 0 aliphatic rings. The van der Waals surface area contributed by atoms with E-state index >= 15 is 0 Å². The Labute approximate surface area is 196 Å². The van der Waals surface area contributed by atoms with Gasteiger partial charge in [-0.2, -0.15) is 0 Å². The number of H-pyrrole nitrogens is 1. The molecule has 7 heteroatoms. The fourth-order valence-electron chi connectivity index (χ4n) is 3.79. The lowest BCUT2D eigenvalue weighted by Crippen LogP contribution is -2.33. The Morgan fingerprint density at radius 2 is 1.55 bits per heavy atom. The molecule has 1 N–H and O–H groups in total. The number of carbonyl (C=O) groups is 1. The minimum Gasteiger partial charge on any atom is -0.338 e. The van der Waals surface area contributed by atoms with Gasteiger partial charge in [-0.25, -0.2) is 4.98 Å². The molecule has 3 aromatic carbocycles. The van der Waals surface area contributed by atoms with Crippen LogP contribution in [-0.4, -0.2) is 43.3 Å². The molecule has 1 amide bonds. The van der Waals surface area contributed by atoms with Crippen LogP contribution in [0.3, 0.4) is 0 Å². The number of hydrogen-bond donors (Lipinski definition) is 1. The van der Waals surface area contributed by atoms with Gasteiger partial charge in [0.1, 0.15) is 5.52 Å². The highest BCUT2D eigenvalue weighted by Gasteiger charge is 2.16. The third-order valence-corrected chi connectivity index (χ3v) is 6.33. The molecule has 2 aromatic heterocycles. The number of rotatable bonds is 8. The van der Waals surface area contributed by atoms with Crippen LogP contribution in [0.4, 0.5) is 0 Å². The van der Waals surface area contributed by atoms with Crippen LogP contribution in [0.5, 0.6) is 0 Å². The molecule has 164 valence electrons. The molecule has 0 spiro atoms. The molecule has 2 heterocycles. The van der Waals surface area contributed by atoms with Crippen molar-refractivity contribution in [2.75, 3.05) is 12.3 Å². The Bertz CT molecular complexity index is 1370. The summed E-state index contributed by atoms with van der Waals surface area (Å²) >= 11 is 1.32. The van der Waals surface area contributed by atoms with Gasteiger partial charge >= 0.3 is 0 Å². The van der Waals surface area contributed by atoms with E-state index in [0.717, 1.165) is 28.4 Å². The number of nitrogens with zero attached hydrogens (tertiary/aromatic N) is 4. The predicted molar refractivity (Wildman–Crippen MR) is 132 cm³/mol. The third kappa shape index (κ3) is 5.04. The van der Waals surface area contributed by atoms with Crippen molar-refractivity contribution >= 4 is 39.7 Å². The minimum absolute atomic E-state index is 0.0557. The van der Waals surface area contributed by atoms with Crippen LogP contribution in [0.1, 0.15) is 11.1 Å². The van der Waals surface area contributed by atoms with Gasteiger partial charge in [0, 0.05) is 24.0 Å². The summed E-state index contributed by atoms with van der Waals surface area (Å²) in [7, 11) is 0. The smallest absolute Gasteiger partial charge is 0.233 e. The molecule has 33 heavy (non-hydrogen) atoms. The first-order valence-electron chi connectivity index (χ1n) is 10.9. The van der Waals surface area contributed by atoms with Gasteiger partial charge in [0.15, 0.2) is 5.65 Å². The van der Waals surface area contributed by atoms with E-state index in [1.807, 2.05) is 77.7 Å². The molecule has 0 saturated carbocycles. The number of benzene rings is 3. The minimum atomic E-state index is 0.0557. The average molecular weight is 454 g/mol. The monoisotopic (exact) mass is 453 g/mol. The first-order valence-corrected chi connectivity index (χ1v) is 11.8. The summed E-state index contributed by atoms with van der Waals surface area (Å²) < 4.78 is 0. The van der Waals surface area contributed by atoms with Gasteiger partial charge in [0.05, 0.1) is 5.75 Å². The van der Waals surface area contributed by atoms with E-state index in [9.17, 15) is 4.79 Å². The molecule has 5 aromatic rings. The van der Waals surface area contributed by atoms with Gasteiger partial charge in [-0.1, -0.05) is 90.6 Å². The highest BCUT2D eigenvalue weighted by molar-refractivity contribution is 7.99. The second kappa shape index (κ2) is 9.83. The molecule has 0 fully saturated rings. The van der Waals surface area contributed by atoms with Crippen molar-refractivity contribution in [1.29, 1.82) is 0 Å². The molecule has 0 aliphatic carbocycles. The zero-order chi connectivity index (χ0) is 22.5. The van der Waals surface area contributed by atoms with E-state index in [2.05, 4.69) is 32.3 Å². The van der Waals surface area contributed by atoms with Crippen molar-refractivity contribution < 1.29 is 4.79 Å². The number of aromatic amines is 1. The summed E-state index contributed by atoms with van der Waals surface area (Å²) in [6.45, 7) is 1.23. The van der Waals surface area contributed by atoms with Gasteiger partial charge in [0.25, 0.3) is 0 Å². The van der Waals surface area contributed by atoms with Crippen LogP contribution in [0.25, 0.3) is 22.1 Å². The lowest BCUT2D eigenvalue weighted by atomic mass is 10.1. The lowest BCUT2D eigenvalue weighted by molar-refractivity contribution is -0.128. The van der Waals surface area contributed by atoms with Crippen LogP contribution in [0, 0.1) is 0 Å². The van der Waals surface area contributed by atoms with Crippen LogP contribution in [-0.2, 0) is 17.8 Å². The second-order valence-electron chi connectivity index (χ2n) is 7.79. The molecule has 0 aliphatic heterocycles. The zero-order valence-corrected chi connectivity index (χ0v) is 18.8. The van der Waals surface area contributed by atoms with Crippen LogP contribution in [0.2, 0.25) is 0 Å². The molecular weight excluding hydrogens is 430 g/mol. The number of aromatic nitrogens is 4. The average Bonchev–Trinajstić information content (AvgIpc) is 3.24. The first kappa shape index (κ1) is 21.2. The number of hydrogen-bond acceptors (Lipinski definition) is 5. The number of carbonyl (C=O) groups excluding carboxylic acids is 1. The predicted octanol–water partition coefficient (Wildman–Crippen LogP) is 4.87. The van der Waals surface area contributed by atoms with Crippen LogP contribution < -0.4 is 0 Å². The molecule has 0 saturated heterocycles. The summed E-state index contributed by atoms with van der Waals surface area (Å²) in [5.41, 5.74) is 4.73. The van der Waals surface area contributed by atoms with E-state index in [1.165, 1.54) is 17.3 Å². The maximum Gasteiger partial charge on any atom is 0.233 e. The summed E-state index contributed by atoms with van der Waals surface area (Å²) in [4.78, 5) is 22.9. The maximum atomic E-state index is 13.2. The largest absolute Gasteiger partial charge is 0.338 e. The fraction of sp³-hybridized carbons (Fsp3) is 0.154. The van der Waals surface area contributed by atoms with Gasteiger partial charge in [-0.15, -0.1) is 10.2 Å². The van der Waals surface area contributed by atoms with Crippen molar-refractivity contribution in [2.45, 2.75) is 18.1 Å². The molecule has 5 rings (SSSR count). The molecule has 0 bridgehead atoms. The zero-order valence-electron chi connectivity index (χ0n) is 18.0. The third-order valence-electron chi connectivity index (χ3n) is 5.51. The van der Waals surface area contributed by atoms with Gasteiger partial charge in [0.2, 0.25) is 11.1 Å². The Kier molecular flexibility index (Phi) is 6.30. The highest BCUT2D eigenvalue weighted by Crippen LogP contribution is 2.23. The van der Waals surface area contributed by atoms with Crippen molar-refractivity contribution in [3.63, 3.8) is 0 Å². The van der Waals surface area contributed by atoms with Gasteiger partial charge in [-0.05, 0) is 23.6 Å². The van der Waals surface area contributed by atoms with E-state index in [4.69, 9.17) is 0 Å². The summed E-state index contributed by atoms with van der Waals surface area (Å²) in [5.74, 6) is 0.315. The van der Waals surface area contributed by atoms with Crippen molar-refractivity contribution in [2.24, 2.45) is 0 Å². The topological polar surface area (TPSA) is 74.8 Å². The Morgan fingerprint density at radius 1 is 0.848 bits per heavy atom. The van der Waals surface area contributed by atoms with Gasteiger partial charge < -0.3 is 9.88 Å². The number of nitrogens with one attached hydrogen (secondary N) is 1. The van der Waals surface area contributed by atoms with Gasteiger partial charge in [-0.3, -0.25) is 4.79 Å². The standard InChI is InChI=1S/C26H23N5OS/c32-23(18-33-26-28-25-24(29-30-26)21-13-7-8-14-22(21)27-25)31(17-20-11-5-2-6-12-20)16-15-19-9-3-1-4-10-19/h1-14H,15-18H2,(H,27,28,30). The maximum absolute atomic E-state index is 13.2. The molecule has 0 radical (unpaired) electrons. The quantitative estimate of drug-likeness (QED) is 0.339. The molecule has 0 unspecified atom stereocenters. The summed E-state index contributed by atoms with van der Waals surface area (Å²) in [5, 5.41) is 10.1. The lowest BCUT2D eigenvalue weighted by Gasteiger charge is -2.23. The SMILES string of the molecule is O=C(CSc1nnc2c(n1)[nH]c1ccccc12)N(CCc1ccccc1)Cc1ccccc1. The first-order chi connectivity index (χ1) is 16.3. The molecule has 6 nitrogen and oxygen atoms in total.